The van der Waals surface area contributed by atoms with Crippen LogP contribution in [-0.4, -0.2) is 36.2 Å². The van der Waals surface area contributed by atoms with Gasteiger partial charge in [0.2, 0.25) is 5.91 Å². The van der Waals surface area contributed by atoms with E-state index in [1.54, 1.807) is 0 Å². The molecule has 1 saturated heterocycles. The summed E-state index contributed by atoms with van der Waals surface area (Å²) in [5, 5.41) is 13.7. The Morgan fingerprint density at radius 3 is 3.00 bits per heavy atom. The predicted octanol–water partition coefficient (Wildman–Crippen LogP) is -0.192. The number of carbonyl (C=O) groups excluding carboxylic acids is 1. The van der Waals surface area contributed by atoms with Gasteiger partial charge in [0, 0.05) is 13.2 Å². The molecule has 1 unspecified atom stereocenters. The first kappa shape index (κ1) is 11.8. The first-order chi connectivity index (χ1) is 7.22. The van der Waals surface area contributed by atoms with Crippen LogP contribution in [-0.2, 0) is 9.53 Å². The van der Waals surface area contributed by atoms with E-state index in [-0.39, 0.29) is 24.3 Å². The van der Waals surface area contributed by atoms with Crippen LogP contribution in [0.5, 0.6) is 0 Å². The van der Waals surface area contributed by atoms with Gasteiger partial charge in [0.15, 0.2) is 0 Å². The molecule has 1 amide bonds. The molecule has 0 aromatic rings. The quantitative estimate of drug-likeness (QED) is 0.262. The van der Waals surface area contributed by atoms with Crippen LogP contribution in [0.2, 0.25) is 0 Å². The second-order valence-corrected chi connectivity index (χ2v) is 3.56. The van der Waals surface area contributed by atoms with Gasteiger partial charge < -0.3 is 21.0 Å². The van der Waals surface area contributed by atoms with Gasteiger partial charge in [-0.15, -0.1) is 0 Å². The SMILES string of the molecule is NC(CC(=O)NCC1CCCCO1)=NO. The lowest BCUT2D eigenvalue weighted by Crippen LogP contribution is -2.37. The van der Waals surface area contributed by atoms with E-state index in [1.165, 1.54) is 0 Å². The fourth-order valence-electron chi connectivity index (χ4n) is 1.46. The summed E-state index contributed by atoms with van der Waals surface area (Å²) in [6, 6.07) is 0. The first-order valence-corrected chi connectivity index (χ1v) is 5.07. The average Bonchev–Trinajstić information content (AvgIpc) is 2.27. The molecule has 1 rings (SSSR count). The van der Waals surface area contributed by atoms with Gasteiger partial charge in [-0.1, -0.05) is 5.16 Å². The fraction of sp³-hybridized carbons (Fsp3) is 0.778. The minimum absolute atomic E-state index is 0.0801. The number of hydrogen-bond donors (Lipinski definition) is 3. The number of hydrogen-bond acceptors (Lipinski definition) is 4. The summed E-state index contributed by atoms with van der Waals surface area (Å²) in [5.41, 5.74) is 5.19. The van der Waals surface area contributed by atoms with E-state index in [9.17, 15) is 4.79 Å². The molecular weight excluding hydrogens is 198 g/mol. The van der Waals surface area contributed by atoms with Gasteiger partial charge >= 0.3 is 0 Å². The van der Waals surface area contributed by atoms with Gasteiger partial charge in [-0.05, 0) is 19.3 Å². The Morgan fingerprint density at radius 2 is 2.40 bits per heavy atom. The molecule has 4 N–H and O–H groups in total. The maximum Gasteiger partial charge on any atom is 0.227 e. The van der Waals surface area contributed by atoms with Crippen molar-refractivity contribution in [3.63, 3.8) is 0 Å². The van der Waals surface area contributed by atoms with Gasteiger partial charge in [0.1, 0.15) is 5.84 Å². The first-order valence-electron chi connectivity index (χ1n) is 5.07. The normalized spacial score (nSPS) is 22.4. The molecule has 0 bridgehead atoms. The van der Waals surface area contributed by atoms with Crippen LogP contribution >= 0.6 is 0 Å². The van der Waals surface area contributed by atoms with Crippen molar-refractivity contribution in [2.75, 3.05) is 13.2 Å². The summed E-state index contributed by atoms with van der Waals surface area (Å²) in [6.07, 6.45) is 3.23. The smallest absolute Gasteiger partial charge is 0.227 e. The molecule has 0 aromatic carbocycles. The Labute approximate surface area is 88.5 Å². The van der Waals surface area contributed by atoms with Crippen molar-refractivity contribution in [2.45, 2.75) is 31.8 Å². The number of amidine groups is 1. The third-order valence-corrected chi connectivity index (χ3v) is 2.27. The largest absolute Gasteiger partial charge is 0.409 e. The molecule has 6 nitrogen and oxygen atoms in total. The van der Waals surface area contributed by atoms with Crippen LogP contribution in [0.3, 0.4) is 0 Å². The minimum Gasteiger partial charge on any atom is -0.409 e. The number of ether oxygens (including phenoxy) is 1. The van der Waals surface area contributed by atoms with Crippen LogP contribution in [0.1, 0.15) is 25.7 Å². The molecule has 0 saturated carbocycles. The van der Waals surface area contributed by atoms with Crippen molar-refractivity contribution < 1.29 is 14.7 Å². The summed E-state index contributed by atoms with van der Waals surface area (Å²) in [6.45, 7) is 1.26. The van der Waals surface area contributed by atoms with Gasteiger partial charge in [0.25, 0.3) is 0 Å². The molecule has 6 heteroatoms. The van der Waals surface area contributed by atoms with Gasteiger partial charge in [0.05, 0.1) is 12.5 Å². The van der Waals surface area contributed by atoms with E-state index >= 15 is 0 Å². The lowest BCUT2D eigenvalue weighted by molar-refractivity contribution is -0.120. The fourth-order valence-corrected chi connectivity index (χ4v) is 1.46. The van der Waals surface area contributed by atoms with Gasteiger partial charge in [-0.2, -0.15) is 0 Å². The number of rotatable bonds is 4. The Kier molecular flexibility index (Phi) is 4.89. The van der Waals surface area contributed by atoms with E-state index in [0.29, 0.717) is 6.54 Å². The lowest BCUT2D eigenvalue weighted by atomic mass is 10.1. The number of nitrogens with zero attached hydrogens (tertiary/aromatic N) is 1. The lowest BCUT2D eigenvalue weighted by Gasteiger charge is -2.22. The highest BCUT2D eigenvalue weighted by Gasteiger charge is 2.14. The number of nitrogens with one attached hydrogen (secondary N) is 1. The number of amides is 1. The standard InChI is InChI=1S/C9H17N3O3/c10-8(12-14)5-9(13)11-6-7-3-1-2-4-15-7/h7,14H,1-6H2,(H2,10,12)(H,11,13). The van der Waals surface area contributed by atoms with Crippen LogP contribution in [0, 0.1) is 0 Å². The molecule has 1 fully saturated rings. The Hall–Kier alpha value is -1.30. The molecule has 1 aliphatic heterocycles. The summed E-state index contributed by atoms with van der Waals surface area (Å²) >= 11 is 0. The molecule has 0 aromatic heterocycles. The minimum atomic E-state index is -0.250. The maximum absolute atomic E-state index is 11.2. The van der Waals surface area contributed by atoms with Crippen LogP contribution in [0.25, 0.3) is 0 Å². The molecule has 0 spiro atoms. The second kappa shape index (κ2) is 6.23. The molecule has 15 heavy (non-hydrogen) atoms. The zero-order valence-electron chi connectivity index (χ0n) is 8.61. The van der Waals surface area contributed by atoms with Crippen molar-refractivity contribution in [1.82, 2.24) is 5.32 Å². The molecule has 1 heterocycles. The topological polar surface area (TPSA) is 96.9 Å². The highest BCUT2D eigenvalue weighted by Crippen LogP contribution is 2.11. The molecule has 1 aliphatic rings. The third kappa shape index (κ3) is 4.64. The van der Waals surface area contributed by atoms with E-state index in [1.807, 2.05) is 0 Å². The van der Waals surface area contributed by atoms with Crippen LogP contribution in [0.15, 0.2) is 5.16 Å². The average molecular weight is 215 g/mol. The highest BCUT2D eigenvalue weighted by molar-refractivity contribution is 5.98. The summed E-state index contributed by atoms with van der Waals surface area (Å²) < 4.78 is 5.43. The Balaban J connectivity index is 2.15. The number of carbonyl (C=O) groups is 1. The molecule has 86 valence electrons. The van der Waals surface area contributed by atoms with Crippen molar-refractivity contribution >= 4 is 11.7 Å². The van der Waals surface area contributed by atoms with Crippen molar-refractivity contribution in [1.29, 1.82) is 0 Å². The second-order valence-electron chi connectivity index (χ2n) is 3.56. The van der Waals surface area contributed by atoms with E-state index in [2.05, 4.69) is 10.5 Å². The molecule has 0 aliphatic carbocycles. The van der Waals surface area contributed by atoms with Crippen molar-refractivity contribution in [2.24, 2.45) is 10.9 Å². The predicted molar refractivity (Wildman–Crippen MR) is 54.6 cm³/mol. The van der Waals surface area contributed by atoms with Crippen LogP contribution < -0.4 is 11.1 Å². The van der Waals surface area contributed by atoms with E-state index in [4.69, 9.17) is 15.7 Å². The summed E-state index contributed by atoms with van der Waals surface area (Å²) in [4.78, 5) is 11.2. The number of nitrogens with two attached hydrogens (primary N) is 1. The maximum atomic E-state index is 11.2. The molecular formula is C9H17N3O3. The monoisotopic (exact) mass is 215 g/mol. The van der Waals surface area contributed by atoms with Crippen LogP contribution in [0.4, 0.5) is 0 Å². The molecule has 1 atom stereocenters. The summed E-state index contributed by atoms with van der Waals surface area (Å²) in [5.74, 6) is -0.337. The van der Waals surface area contributed by atoms with Crippen molar-refractivity contribution in [3.05, 3.63) is 0 Å². The zero-order chi connectivity index (χ0) is 11.1. The zero-order valence-corrected chi connectivity index (χ0v) is 8.61. The van der Waals surface area contributed by atoms with E-state index < -0.39 is 0 Å². The number of oxime groups is 1. The van der Waals surface area contributed by atoms with Gasteiger partial charge in [-0.25, -0.2) is 0 Å². The Bertz CT molecular complexity index is 237. The molecule has 0 radical (unpaired) electrons. The summed E-state index contributed by atoms with van der Waals surface area (Å²) in [7, 11) is 0. The van der Waals surface area contributed by atoms with Crippen molar-refractivity contribution in [3.8, 4) is 0 Å². The highest BCUT2D eigenvalue weighted by atomic mass is 16.5. The Morgan fingerprint density at radius 1 is 1.60 bits per heavy atom. The van der Waals surface area contributed by atoms with Gasteiger partial charge in [-0.3, -0.25) is 4.79 Å². The van der Waals surface area contributed by atoms with E-state index in [0.717, 1.165) is 25.9 Å². The third-order valence-electron chi connectivity index (χ3n) is 2.27.